The third-order valence-corrected chi connectivity index (χ3v) is 4.17. The van der Waals surface area contributed by atoms with Crippen molar-refractivity contribution in [3.63, 3.8) is 0 Å². The van der Waals surface area contributed by atoms with Crippen molar-refractivity contribution < 1.29 is 18.3 Å². The lowest BCUT2D eigenvalue weighted by molar-refractivity contribution is 0.0947. The summed E-state index contributed by atoms with van der Waals surface area (Å²) in [7, 11) is 0. The molecule has 0 aliphatic carbocycles. The lowest BCUT2D eigenvalue weighted by Gasteiger charge is -2.27. The van der Waals surface area contributed by atoms with Crippen molar-refractivity contribution in [2.45, 2.75) is 0 Å². The summed E-state index contributed by atoms with van der Waals surface area (Å²) < 4.78 is 31.6. The molecule has 1 aliphatic rings. The van der Waals surface area contributed by atoms with Crippen LogP contribution in [0.1, 0.15) is 10.4 Å². The van der Waals surface area contributed by atoms with Crippen LogP contribution in [0.2, 0.25) is 0 Å². The molecule has 0 atom stereocenters. The maximum Gasteiger partial charge on any atom is 0.251 e. The molecule has 1 amide bonds. The number of hydrogen-bond donors (Lipinski definition) is 2. The van der Waals surface area contributed by atoms with Crippen molar-refractivity contribution in [2.75, 3.05) is 39.3 Å². The molecule has 1 fully saturated rings. The van der Waals surface area contributed by atoms with E-state index < -0.39 is 11.6 Å². The second kappa shape index (κ2) is 8.73. The van der Waals surface area contributed by atoms with Crippen LogP contribution < -0.4 is 15.4 Å². The van der Waals surface area contributed by atoms with Crippen molar-refractivity contribution in [3.05, 3.63) is 59.7 Å². The second-order valence-electron chi connectivity index (χ2n) is 6.05. The Kier molecular flexibility index (Phi) is 6.14. The van der Waals surface area contributed by atoms with Crippen LogP contribution in [0, 0.1) is 11.6 Å². The summed E-state index contributed by atoms with van der Waals surface area (Å²) in [5, 5.41) is 6.18. The van der Waals surface area contributed by atoms with Gasteiger partial charge in [-0.3, -0.25) is 9.69 Å². The Labute approximate surface area is 151 Å². The zero-order valence-corrected chi connectivity index (χ0v) is 14.3. The van der Waals surface area contributed by atoms with Crippen LogP contribution in [0.5, 0.6) is 11.5 Å². The highest BCUT2D eigenvalue weighted by Crippen LogP contribution is 2.23. The van der Waals surface area contributed by atoms with Gasteiger partial charge in [-0.15, -0.1) is 0 Å². The molecule has 1 aliphatic heterocycles. The number of halogens is 2. The Morgan fingerprint density at radius 1 is 1.04 bits per heavy atom. The highest BCUT2D eigenvalue weighted by molar-refractivity contribution is 5.94. The molecule has 0 spiro atoms. The van der Waals surface area contributed by atoms with Crippen LogP contribution in [-0.4, -0.2) is 50.1 Å². The van der Waals surface area contributed by atoms with Crippen LogP contribution in [0.15, 0.2) is 42.5 Å². The quantitative estimate of drug-likeness (QED) is 0.830. The Hall–Kier alpha value is -2.51. The van der Waals surface area contributed by atoms with E-state index in [4.69, 9.17) is 4.74 Å². The zero-order chi connectivity index (χ0) is 18.4. The lowest BCUT2D eigenvalue weighted by atomic mass is 10.2. The number of carbonyl (C=O) groups is 1. The Morgan fingerprint density at radius 2 is 1.73 bits per heavy atom. The van der Waals surface area contributed by atoms with E-state index in [1.165, 1.54) is 6.07 Å². The number of hydrogen-bond acceptors (Lipinski definition) is 4. The van der Waals surface area contributed by atoms with Gasteiger partial charge in [-0.25, -0.2) is 8.78 Å². The summed E-state index contributed by atoms with van der Waals surface area (Å²) in [6.45, 7) is 5.36. The predicted molar refractivity (Wildman–Crippen MR) is 94.5 cm³/mol. The van der Waals surface area contributed by atoms with E-state index in [1.807, 2.05) is 0 Å². The summed E-state index contributed by atoms with van der Waals surface area (Å²) in [6.07, 6.45) is 0. The largest absolute Gasteiger partial charge is 0.457 e. The van der Waals surface area contributed by atoms with Crippen molar-refractivity contribution in [2.24, 2.45) is 0 Å². The van der Waals surface area contributed by atoms with Crippen molar-refractivity contribution >= 4 is 5.91 Å². The van der Waals surface area contributed by atoms with Gasteiger partial charge in [0.2, 0.25) is 0 Å². The maximum atomic E-state index is 13.2. The van der Waals surface area contributed by atoms with E-state index >= 15 is 0 Å². The van der Waals surface area contributed by atoms with E-state index in [-0.39, 0.29) is 11.7 Å². The van der Waals surface area contributed by atoms with Crippen LogP contribution in [-0.2, 0) is 0 Å². The first-order valence-corrected chi connectivity index (χ1v) is 8.56. The molecule has 0 saturated carbocycles. The molecular formula is C19H21F2N3O2. The van der Waals surface area contributed by atoms with Gasteiger partial charge in [-0.05, 0) is 36.4 Å². The summed E-state index contributed by atoms with van der Waals surface area (Å²) in [5.74, 6) is -1.42. The third-order valence-electron chi connectivity index (χ3n) is 4.17. The SMILES string of the molecule is O=C(NCCN1CCNCC1)c1ccc(Oc2ccc(F)c(F)c2)cc1. The summed E-state index contributed by atoms with van der Waals surface area (Å²) >= 11 is 0. The fourth-order valence-corrected chi connectivity index (χ4v) is 2.72. The van der Waals surface area contributed by atoms with Gasteiger partial charge in [-0.1, -0.05) is 0 Å². The second-order valence-corrected chi connectivity index (χ2v) is 6.05. The first-order chi connectivity index (χ1) is 12.6. The van der Waals surface area contributed by atoms with Crippen LogP contribution in [0.25, 0.3) is 0 Å². The number of nitrogens with zero attached hydrogens (tertiary/aromatic N) is 1. The van der Waals surface area contributed by atoms with Gasteiger partial charge in [0.05, 0.1) is 0 Å². The first-order valence-electron chi connectivity index (χ1n) is 8.56. The fourth-order valence-electron chi connectivity index (χ4n) is 2.72. The standard InChI is InChI=1S/C19H21F2N3O2/c20-17-6-5-16(13-18(17)21)26-15-3-1-14(2-4-15)19(25)23-9-12-24-10-7-22-8-11-24/h1-6,13,22H,7-12H2,(H,23,25). The molecule has 26 heavy (non-hydrogen) atoms. The van der Waals surface area contributed by atoms with Crippen molar-refractivity contribution in [3.8, 4) is 11.5 Å². The zero-order valence-electron chi connectivity index (χ0n) is 14.3. The molecule has 5 nitrogen and oxygen atoms in total. The molecule has 2 N–H and O–H groups in total. The summed E-state index contributed by atoms with van der Waals surface area (Å²) in [6, 6.07) is 9.83. The van der Waals surface area contributed by atoms with Crippen LogP contribution in [0.4, 0.5) is 8.78 Å². The minimum absolute atomic E-state index is 0.153. The van der Waals surface area contributed by atoms with E-state index in [9.17, 15) is 13.6 Å². The summed E-state index contributed by atoms with van der Waals surface area (Å²) in [5.41, 5.74) is 0.517. The normalized spacial score (nSPS) is 14.8. The molecule has 0 radical (unpaired) electrons. The topological polar surface area (TPSA) is 53.6 Å². The number of rotatable bonds is 6. The van der Waals surface area contributed by atoms with E-state index in [1.54, 1.807) is 24.3 Å². The molecule has 7 heteroatoms. The van der Waals surface area contributed by atoms with Crippen LogP contribution in [0.3, 0.4) is 0 Å². The lowest BCUT2D eigenvalue weighted by Crippen LogP contribution is -2.46. The monoisotopic (exact) mass is 361 g/mol. The molecule has 0 unspecified atom stereocenters. The molecule has 2 aromatic carbocycles. The molecule has 3 rings (SSSR count). The molecule has 0 aromatic heterocycles. The van der Waals surface area contributed by atoms with Gasteiger partial charge < -0.3 is 15.4 Å². The number of ether oxygens (including phenoxy) is 1. The average molecular weight is 361 g/mol. The smallest absolute Gasteiger partial charge is 0.251 e. The number of amides is 1. The molecule has 1 saturated heterocycles. The van der Waals surface area contributed by atoms with Crippen molar-refractivity contribution in [1.82, 2.24) is 15.5 Å². The predicted octanol–water partition coefficient (Wildman–Crippen LogP) is 2.39. The van der Waals surface area contributed by atoms with Gasteiger partial charge in [0, 0.05) is 50.9 Å². The Morgan fingerprint density at radius 3 is 2.42 bits per heavy atom. The molecule has 1 heterocycles. The van der Waals surface area contributed by atoms with E-state index in [2.05, 4.69) is 15.5 Å². The first kappa shape index (κ1) is 18.3. The van der Waals surface area contributed by atoms with Gasteiger partial charge in [0.25, 0.3) is 5.91 Å². The molecular weight excluding hydrogens is 340 g/mol. The van der Waals surface area contributed by atoms with Crippen LogP contribution >= 0.6 is 0 Å². The minimum atomic E-state index is -0.969. The highest BCUT2D eigenvalue weighted by Gasteiger charge is 2.11. The number of nitrogens with one attached hydrogen (secondary N) is 2. The van der Waals surface area contributed by atoms with Crippen molar-refractivity contribution in [1.29, 1.82) is 0 Å². The van der Waals surface area contributed by atoms with E-state index in [0.717, 1.165) is 44.9 Å². The Balaban J connectivity index is 1.49. The number of benzene rings is 2. The van der Waals surface area contributed by atoms with Gasteiger partial charge >= 0.3 is 0 Å². The maximum absolute atomic E-state index is 13.2. The van der Waals surface area contributed by atoms with E-state index in [0.29, 0.717) is 17.9 Å². The molecule has 2 aromatic rings. The average Bonchev–Trinajstić information content (AvgIpc) is 2.66. The number of piperazine rings is 1. The van der Waals surface area contributed by atoms with Gasteiger partial charge in [0.15, 0.2) is 11.6 Å². The summed E-state index contributed by atoms with van der Waals surface area (Å²) in [4.78, 5) is 14.5. The highest BCUT2D eigenvalue weighted by atomic mass is 19.2. The Bertz CT molecular complexity index is 747. The fraction of sp³-hybridized carbons (Fsp3) is 0.316. The minimum Gasteiger partial charge on any atom is -0.457 e. The van der Waals surface area contributed by atoms with Gasteiger partial charge in [0.1, 0.15) is 11.5 Å². The number of carbonyl (C=O) groups excluding carboxylic acids is 1. The van der Waals surface area contributed by atoms with Gasteiger partial charge in [-0.2, -0.15) is 0 Å². The third kappa shape index (κ3) is 5.00. The molecule has 0 bridgehead atoms. The molecule has 138 valence electrons.